The maximum absolute atomic E-state index is 13.2. The molecule has 1 N–H and O–H groups in total. The summed E-state index contributed by atoms with van der Waals surface area (Å²) >= 11 is 5.57. The highest BCUT2D eigenvalue weighted by Gasteiger charge is 2.02. The summed E-state index contributed by atoms with van der Waals surface area (Å²) in [6.07, 6.45) is 1.68. The number of ether oxygens (including phenoxy) is 1. The van der Waals surface area contributed by atoms with E-state index < -0.39 is 0 Å². The van der Waals surface area contributed by atoms with E-state index in [-0.39, 0.29) is 5.82 Å². The molecule has 2 nitrogen and oxygen atoms in total. The number of anilines is 1. The maximum atomic E-state index is 13.2. The largest absolute Gasteiger partial charge is 0.497 e. The third kappa shape index (κ3) is 3.75. The summed E-state index contributed by atoms with van der Waals surface area (Å²) in [5.41, 5.74) is 4.09. The van der Waals surface area contributed by atoms with Crippen molar-refractivity contribution in [2.24, 2.45) is 0 Å². The van der Waals surface area contributed by atoms with Gasteiger partial charge in [-0.05, 0) is 53.6 Å². The van der Waals surface area contributed by atoms with Gasteiger partial charge in [-0.1, -0.05) is 17.7 Å². The second-order valence-corrected chi connectivity index (χ2v) is 4.47. The molecule has 0 amide bonds. The molecule has 0 heterocycles. The molecule has 2 rings (SSSR count). The van der Waals surface area contributed by atoms with Crippen molar-refractivity contribution in [1.82, 2.24) is 0 Å². The molecule has 2 aromatic rings. The van der Waals surface area contributed by atoms with Crippen LogP contribution >= 0.6 is 11.6 Å². The highest BCUT2D eigenvalue weighted by molar-refractivity contribution is 6.27. The predicted octanol–water partition coefficient (Wildman–Crippen LogP) is 4.66. The van der Waals surface area contributed by atoms with Crippen LogP contribution in [0.5, 0.6) is 5.75 Å². The highest BCUT2D eigenvalue weighted by Crippen LogP contribution is 2.18. The summed E-state index contributed by atoms with van der Waals surface area (Å²) in [7, 11) is 1.63. The molecule has 104 valence electrons. The van der Waals surface area contributed by atoms with Gasteiger partial charge in [-0.15, -0.1) is 0 Å². The fourth-order valence-corrected chi connectivity index (χ4v) is 1.99. The first-order valence-electron chi connectivity index (χ1n) is 6.16. The quantitative estimate of drug-likeness (QED) is 0.865. The van der Waals surface area contributed by atoms with E-state index in [0.717, 1.165) is 22.6 Å². The third-order valence-corrected chi connectivity index (χ3v) is 3.05. The van der Waals surface area contributed by atoms with Crippen molar-refractivity contribution in [3.8, 4) is 5.75 Å². The Labute approximate surface area is 122 Å². The minimum atomic E-state index is -0.275. The molecular formula is C16H15ClFNO. The number of hydrogen-bond acceptors (Lipinski definition) is 2. The van der Waals surface area contributed by atoms with Gasteiger partial charge in [0.15, 0.2) is 0 Å². The van der Waals surface area contributed by atoms with Gasteiger partial charge in [-0.25, -0.2) is 4.39 Å². The van der Waals surface area contributed by atoms with Crippen LogP contribution in [0, 0.1) is 5.82 Å². The van der Waals surface area contributed by atoms with E-state index >= 15 is 0 Å². The molecule has 0 aromatic heterocycles. The first-order chi connectivity index (χ1) is 9.72. The normalized spacial score (nSPS) is 10.8. The van der Waals surface area contributed by atoms with Crippen molar-refractivity contribution in [3.05, 3.63) is 64.9 Å². The second kappa shape index (κ2) is 6.96. The number of benzene rings is 2. The zero-order chi connectivity index (χ0) is 14.4. The van der Waals surface area contributed by atoms with Gasteiger partial charge in [0.25, 0.3) is 0 Å². The van der Waals surface area contributed by atoms with Crippen molar-refractivity contribution in [2.45, 2.75) is 6.54 Å². The molecule has 2 aromatic carbocycles. The van der Waals surface area contributed by atoms with Crippen molar-refractivity contribution < 1.29 is 9.13 Å². The van der Waals surface area contributed by atoms with E-state index in [1.165, 1.54) is 17.7 Å². The average molecular weight is 292 g/mol. The van der Waals surface area contributed by atoms with Crippen molar-refractivity contribution >= 4 is 23.4 Å². The number of nitrogens with one attached hydrogen (secondary N) is 1. The Kier molecular flexibility index (Phi) is 5.02. The summed E-state index contributed by atoms with van der Waals surface area (Å²) in [6.45, 7) is 0.586. The Hall–Kier alpha value is -2.00. The van der Waals surface area contributed by atoms with Gasteiger partial charge < -0.3 is 10.1 Å². The van der Waals surface area contributed by atoms with Gasteiger partial charge in [0.1, 0.15) is 11.6 Å². The Bertz CT molecular complexity index is 596. The van der Waals surface area contributed by atoms with Crippen LogP contribution in [0.1, 0.15) is 11.1 Å². The van der Waals surface area contributed by atoms with Crippen LogP contribution < -0.4 is 10.1 Å². The lowest BCUT2D eigenvalue weighted by Crippen LogP contribution is -2.01. The molecule has 0 saturated carbocycles. The van der Waals surface area contributed by atoms with Gasteiger partial charge in [0.05, 0.1) is 7.11 Å². The summed E-state index contributed by atoms with van der Waals surface area (Å²) in [5, 5.41) is 3.28. The van der Waals surface area contributed by atoms with Gasteiger partial charge in [0, 0.05) is 17.8 Å². The standard InChI is InChI=1S/C16H15ClFNO/c1-20-16-6-4-15(5-7-16)19-11-13-2-3-14(18)10-12(13)8-9-17/h2-10,19H,11H2,1H3/b9-8-. The van der Waals surface area contributed by atoms with E-state index in [0.29, 0.717) is 6.54 Å². The Morgan fingerprint density at radius 3 is 2.60 bits per heavy atom. The SMILES string of the molecule is COc1ccc(NCc2ccc(F)cc2/C=C\Cl)cc1. The average Bonchev–Trinajstić information content (AvgIpc) is 2.47. The minimum absolute atomic E-state index is 0.275. The zero-order valence-corrected chi connectivity index (χ0v) is 11.8. The first kappa shape index (κ1) is 14.4. The lowest BCUT2D eigenvalue weighted by atomic mass is 10.1. The van der Waals surface area contributed by atoms with E-state index in [2.05, 4.69) is 5.32 Å². The van der Waals surface area contributed by atoms with Crippen LogP contribution in [0.15, 0.2) is 48.0 Å². The summed E-state index contributed by atoms with van der Waals surface area (Å²) < 4.78 is 18.3. The molecule has 0 spiro atoms. The Morgan fingerprint density at radius 1 is 1.20 bits per heavy atom. The smallest absolute Gasteiger partial charge is 0.123 e. The molecule has 0 atom stereocenters. The molecule has 0 bridgehead atoms. The van der Waals surface area contributed by atoms with Crippen LogP contribution in [-0.2, 0) is 6.54 Å². The summed E-state index contributed by atoms with van der Waals surface area (Å²) in [5.74, 6) is 0.533. The van der Waals surface area contributed by atoms with Crippen LogP contribution in [0.25, 0.3) is 6.08 Å². The van der Waals surface area contributed by atoms with Gasteiger partial charge in [-0.3, -0.25) is 0 Å². The molecule has 0 aliphatic carbocycles. The second-order valence-electron chi connectivity index (χ2n) is 4.22. The molecule has 0 aliphatic rings. The molecule has 4 heteroatoms. The molecule has 20 heavy (non-hydrogen) atoms. The van der Waals surface area contributed by atoms with Crippen LogP contribution in [-0.4, -0.2) is 7.11 Å². The fraction of sp³-hybridized carbons (Fsp3) is 0.125. The van der Waals surface area contributed by atoms with E-state index in [1.54, 1.807) is 19.3 Å². The topological polar surface area (TPSA) is 21.3 Å². The lowest BCUT2D eigenvalue weighted by Gasteiger charge is -2.10. The summed E-state index contributed by atoms with van der Waals surface area (Å²) in [4.78, 5) is 0. The monoisotopic (exact) mass is 291 g/mol. The highest BCUT2D eigenvalue weighted by atomic mass is 35.5. The Morgan fingerprint density at radius 2 is 1.95 bits per heavy atom. The van der Waals surface area contributed by atoms with E-state index in [1.807, 2.05) is 24.3 Å². The number of rotatable bonds is 5. The maximum Gasteiger partial charge on any atom is 0.123 e. The van der Waals surface area contributed by atoms with E-state index in [4.69, 9.17) is 16.3 Å². The van der Waals surface area contributed by atoms with Crippen LogP contribution in [0.3, 0.4) is 0 Å². The fourth-order valence-electron chi connectivity index (χ4n) is 1.86. The number of halogens is 2. The minimum Gasteiger partial charge on any atom is -0.497 e. The van der Waals surface area contributed by atoms with Crippen molar-refractivity contribution in [2.75, 3.05) is 12.4 Å². The van der Waals surface area contributed by atoms with Crippen LogP contribution in [0.2, 0.25) is 0 Å². The molecule has 0 radical (unpaired) electrons. The lowest BCUT2D eigenvalue weighted by molar-refractivity contribution is 0.415. The number of methoxy groups -OCH3 is 1. The molecule has 0 fully saturated rings. The van der Waals surface area contributed by atoms with Crippen molar-refractivity contribution in [1.29, 1.82) is 0 Å². The molecule has 0 unspecified atom stereocenters. The molecule has 0 aliphatic heterocycles. The van der Waals surface area contributed by atoms with Crippen LogP contribution in [0.4, 0.5) is 10.1 Å². The van der Waals surface area contributed by atoms with Crippen molar-refractivity contribution in [3.63, 3.8) is 0 Å². The first-order valence-corrected chi connectivity index (χ1v) is 6.59. The molecular weight excluding hydrogens is 277 g/mol. The Balaban J connectivity index is 2.09. The third-order valence-electron chi connectivity index (χ3n) is 2.92. The predicted molar refractivity (Wildman–Crippen MR) is 81.6 cm³/mol. The van der Waals surface area contributed by atoms with Gasteiger partial charge in [0.2, 0.25) is 0 Å². The summed E-state index contributed by atoms with van der Waals surface area (Å²) in [6, 6.07) is 12.3. The zero-order valence-electron chi connectivity index (χ0n) is 11.1. The van der Waals surface area contributed by atoms with E-state index in [9.17, 15) is 4.39 Å². The van der Waals surface area contributed by atoms with Gasteiger partial charge in [-0.2, -0.15) is 0 Å². The van der Waals surface area contributed by atoms with Gasteiger partial charge >= 0.3 is 0 Å². The number of hydrogen-bond donors (Lipinski definition) is 1. The molecule has 0 saturated heterocycles.